The number of methoxy groups -OCH3 is 2. The summed E-state index contributed by atoms with van der Waals surface area (Å²) in [6, 6.07) is 6.45. The van der Waals surface area contributed by atoms with Crippen LogP contribution in [0.4, 0.5) is 0 Å². The molecule has 0 bridgehead atoms. The maximum atomic E-state index is 5.86. The van der Waals surface area contributed by atoms with Crippen molar-refractivity contribution in [2.45, 2.75) is 43.9 Å². The zero-order chi connectivity index (χ0) is 16.7. The van der Waals surface area contributed by atoms with Crippen LogP contribution in [0.25, 0.3) is 0 Å². The zero-order valence-electron chi connectivity index (χ0n) is 14.7. The summed E-state index contributed by atoms with van der Waals surface area (Å²) in [4.78, 5) is 2.43. The van der Waals surface area contributed by atoms with Gasteiger partial charge in [-0.25, -0.2) is 0 Å². The molecule has 1 aliphatic carbocycles. The molecular formula is C19H30ClNO2. The lowest BCUT2D eigenvalue weighted by Gasteiger charge is -2.41. The van der Waals surface area contributed by atoms with E-state index >= 15 is 0 Å². The van der Waals surface area contributed by atoms with Crippen molar-refractivity contribution in [3.05, 3.63) is 23.8 Å². The average Bonchev–Trinajstić information content (AvgIpc) is 2.60. The predicted octanol–water partition coefficient (Wildman–Crippen LogP) is 4.47. The van der Waals surface area contributed by atoms with Crippen molar-refractivity contribution >= 4 is 11.6 Å². The number of nitrogens with zero attached hydrogens (tertiary/aromatic N) is 1. The molecule has 0 saturated heterocycles. The maximum Gasteiger partial charge on any atom is 0.161 e. The van der Waals surface area contributed by atoms with Gasteiger partial charge in [0.1, 0.15) is 0 Å². The number of hydrogen-bond donors (Lipinski definition) is 0. The Kier molecular flexibility index (Phi) is 7.04. The van der Waals surface area contributed by atoms with Crippen LogP contribution in [0.2, 0.25) is 0 Å². The minimum absolute atomic E-state index is 0.221. The summed E-state index contributed by atoms with van der Waals surface area (Å²) in [6.45, 7) is 2.14. The Morgan fingerprint density at radius 1 is 1.09 bits per heavy atom. The van der Waals surface area contributed by atoms with Gasteiger partial charge in [-0.05, 0) is 50.6 Å². The third-order valence-electron chi connectivity index (χ3n) is 5.05. The number of halogens is 1. The van der Waals surface area contributed by atoms with Crippen LogP contribution in [0, 0.1) is 0 Å². The van der Waals surface area contributed by atoms with Crippen LogP contribution in [0.1, 0.15) is 44.1 Å². The van der Waals surface area contributed by atoms with Crippen molar-refractivity contribution < 1.29 is 9.47 Å². The Morgan fingerprint density at radius 3 is 2.39 bits per heavy atom. The van der Waals surface area contributed by atoms with Gasteiger partial charge in [-0.15, -0.1) is 11.6 Å². The molecule has 1 aromatic rings. The van der Waals surface area contributed by atoms with Crippen LogP contribution in [-0.2, 0) is 5.41 Å². The smallest absolute Gasteiger partial charge is 0.161 e. The van der Waals surface area contributed by atoms with Gasteiger partial charge in [0.2, 0.25) is 0 Å². The number of benzene rings is 1. The normalized spacial score (nSPS) is 17.3. The van der Waals surface area contributed by atoms with Crippen molar-refractivity contribution in [3.63, 3.8) is 0 Å². The van der Waals surface area contributed by atoms with Gasteiger partial charge in [0, 0.05) is 17.8 Å². The topological polar surface area (TPSA) is 21.7 Å². The fourth-order valence-electron chi connectivity index (χ4n) is 3.86. The van der Waals surface area contributed by atoms with Crippen LogP contribution < -0.4 is 9.47 Å². The molecular weight excluding hydrogens is 310 g/mol. The Labute approximate surface area is 145 Å². The van der Waals surface area contributed by atoms with E-state index in [1.54, 1.807) is 14.2 Å². The van der Waals surface area contributed by atoms with Crippen molar-refractivity contribution in [1.29, 1.82) is 0 Å². The molecule has 3 nitrogen and oxygen atoms in total. The summed E-state index contributed by atoms with van der Waals surface area (Å²) < 4.78 is 10.9. The third kappa shape index (κ3) is 4.54. The number of rotatable bonds is 8. The SMILES string of the molecule is COc1ccc(C2(CN(C)CCCCl)CCCCC2)cc1OC. The fraction of sp³-hybridized carbons (Fsp3) is 0.684. The first-order valence-corrected chi connectivity index (χ1v) is 9.15. The molecule has 1 fully saturated rings. The van der Waals surface area contributed by atoms with Crippen molar-refractivity contribution in [1.82, 2.24) is 4.90 Å². The highest BCUT2D eigenvalue weighted by atomic mass is 35.5. The highest BCUT2D eigenvalue weighted by molar-refractivity contribution is 6.17. The van der Waals surface area contributed by atoms with E-state index in [1.165, 1.54) is 37.7 Å². The first-order valence-electron chi connectivity index (χ1n) is 8.62. The van der Waals surface area contributed by atoms with Gasteiger partial charge in [0.05, 0.1) is 14.2 Å². The average molecular weight is 340 g/mol. The molecule has 1 saturated carbocycles. The maximum absolute atomic E-state index is 5.86. The Bertz CT molecular complexity index is 486. The van der Waals surface area contributed by atoms with E-state index in [0.717, 1.165) is 36.9 Å². The van der Waals surface area contributed by atoms with Crippen LogP contribution in [0.15, 0.2) is 18.2 Å². The van der Waals surface area contributed by atoms with E-state index in [-0.39, 0.29) is 5.41 Å². The number of likely N-dealkylation sites (N-methyl/N-ethyl adjacent to an activating group) is 1. The van der Waals surface area contributed by atoms with Crippen molar-refractivity contribution in [2.24, 2.45) is 0 Å². The summed E-state index contributed by atoms with van der Waals surface area (Å²) in [7, 11) is 5.61. The summed E-state index contributed by atoms with van der Waals surface area (Å²) in [5, 5.41) is 0. The molecule has 0 spiro atoms. The minimum atomic E-state index is 0.221. The molecule has 0 aromatic heterocycles. The molecule has 0 radical (unpaired) electrons. The van der Waals surface area contributed by atoms with Gasteiger partial charge in [-0.2, -0.15) is 0 Å². The summed E-state index contributed by atoms with van der Waals surface area (Å²) in [5.41, 5.74) is 1.60. The van der Waals surface area contributed by atoms with E-state index in [4.69, 9.17) is 21.1 Å². The lowest BCUT2D eigenvalue weighted by molar-refractivity contribution is 0.193. The predicted molar refractivity (Wildman–Crippen MR) is 97.1 cm³/mol. The van der Waals surface area contributed by atoms with Gasteiger partial charge in [0.25, 0.3) is 0 Å². The van der Waals surface area contributed by atoms with Crippen LogP contribution >= 0.6 is 11.6 Å². The Balaban J connectivity index is 2.26. The largest absolute Gasteiger partial charge is 0.493 e. The quantitative estimate of drug-likeness (QED) is 0.652. The van der Waals surface area contributed by atoms with E-state index in [9.17, 15) is 0 Å². The van der Waals surface area contributed by atoms with Crippen LogP contribution in [0.5, 0.6) is 11.5 Å². The second-order valence-electron chi connectivity index (χ2n) is 6.69. The lowest BCUT2D eigenvalue weighted by Crippen LogP contribution is -2.41. The number of hydrogen-bond acceptors (Lipinski definition) is 3. The van der Waals surface area contributed by atoms with E-state index in [2.05, 4.69) is 24.1 Å². The molecule has 0 amide bonds. The number of alkyl halides is 1. The van der Waals surface area contributed by atoms with Crippen molar-refractivity contribution in [3.8, 4) is 11.5 Å². The van der Waals surface area contributed by atoms with E-state index < -0.39 is 0 Å². The fourth-order valence-corrected chi connectivity index (χ4v) is 3.98. The molecule has 0 atom stereocenters. The second-order valence-corrected chi connectivity index (χ2v) is 7.07. The first-order chi connectivity index (χ1) is 11.1. The van der Waals surface area contributed by atoms with Gasteiger partial charge < -0.3 is 14.4 Å². The second kappa shape index (κ2) is 8.79. The van der Waals surface area contributed by atoms with Crippen LogP contribution in [0.3, 0.4) is 0 Å². The minimum Gasteiger partial charge on any atom is -0.493 e. The highest BCUT2D eigenvalue weighted by Crippen LogP contribution is 2.42. The molecule has 0 aliphatic heterocycles. The summed E-state index contributed by atoms with van der Waals surface area (Å²) >= 11 is 5.86. The molecule has 1 aromatic carbocycles. The summed E-state index contributed by atoms with van der Waals surface area (Å²) in [6.07, 6.45) is 7.48. The molecule has 1 aliphatic rings. The molecule has 23 heavy (non-hydrogen) atoms. The molecule has 0 heterocycles. The highest BCUT2D eigenvalue weighted by Gasteiger charge is 2.35. The zero-order valence-corrected chi connectivity index (χ0v) is 15.5. The van der Waals surface area contributed by atoms with E-state index in [0.29, 0.717) is 0 Å². The molecule has 0 unspecified atom stereocenters. The van der Waals surface area contributed by atoms with Gasteiger partial charge in [-0.1, -0.05) is 25.3 Å². The molecule has 2 rings (SSSR count). The Morgan fingerprint density at radius 2 is 1.78 bits per heavy atom. The summed E-state index contributed by atoms with van der Waals surface area (Å²) in [5.74, 6) is 2.37. The first kappa shape index (κ1) is 18.4. The molecule has 0 N–H and O–H groups in total. The number of ether oxygens (including phenoxy) is 2. The molecule has 4 heteroatoms. The standard InChI is InChI=1S/C19H30ClNO2/c1-21(13-7-12-20)15-19(10-5-4-6-11-19)16-8-9-17(22-2)18(14-16)23-3/h8-9,14H,4-7,10-13,15H2,1-3H3. The van der Waals surface area contributed by atoms with Crippen LogP contribution in [-0.4, -0.2) is 45.1 Å². The molecule has 130 valence electrons. The Hall–Kier alpha value is -0.930. The third-order valence-corrected chi connectivity index (χ3v) is 5.32. The van der Waals surface area contributed by atoms with Gasteiger partial charge >= 0.3 is 0 Å². The lowest BCUT2D eigenvalue weighted by atomic mass is 9.69. The monoisotopic (exact) mass is 339 g/mol. The van der Waals surface area contributed by atoms with E-state index in [1.807, 2.05) is 6.07 Å². The van der Waals surface area contributed by atoms with Gasteiger partial charge in [-0.3, -0.25) is 0 Å². The van der Waals surface area contributed by atoms with Gasteiger partial charge in [0.15, 0.2) is 11.5 Å². The van der Waals surface area contributed by atoms with Crippen molar-refractivity contribution in [2.75, 3.05) is 40.2 Å².